The summed E-state index contributed by atoms with van der Waals surface area (Å²) in [7, 11) is 3.90. The Labute approximate surface area is 147 Å². The summed E-state index contributed by atoms with van der Waals surface area (Å²) < 4.78 is 11.0. The van der Waals surface area contributed by atoms with Gasteiger partial charge in [-0.05, 0) is 26.0 Å². The smallest absolute Gasteiger partial charge is 0.227 e. The number of ether oxygens (including phenoxy) is 1. The summed E-state index contributed by atoms with van der Waals surface area (Å²) in [5.74, 6) is 1.64. The van der Waals surface area contributed by atoms with Gasteiger partial charge < -0.3 is 19.1 Å². The van der Waals surface area contributed by atoms with E-state index in [4.69, 9.17) is 9.26 Å². The van der Waals surface area contributed by atoms with Crippen LogP contribution < -0.4 is 4.90 Å². The number of aromatic nitrogens is 2. The Morgan fingerprint density at radius 1 is 1.36 bits per heavy atom. The average molecular weight is 344 g/mol. The van der Waals surface area contributed by atoms with Crippen molar-refractivity contribution in [3.05, 3.63) is 40.9 Å². The van der Waals surface area contributed by atoms with Crippen LogP contribution in [0.2, 0.25) is 0 Å². The Balaban J connectivity index is 1.70. The van der Waals surface area contributed by atoms with E-state index in [2.05, 4.69) is 10.1 Å². The van der Waals surface area contributed by atoms with E-state index < -0.39 is 0 Å². The van der Waals surface area contributed by atoms with Crippen molar-refractivity contribution in [3.8, 4) is 0 Å². The van der Waals surface area contributed by atoms with E-state index in [1.54, 1.807) is 0 Å². The highest BCUT2D eigenvalue weighted by Gasteiger charge is 2.27. The van der Waals surface area contributed by atoms with Gasteiger partial charge in [0.15, 0.2) is 0 Å². The molecule has 7 heteroatoms. The van der Waals surface area contributed by atoms with Crippen molar-refractivity contribution in [2.24, 2.45) is 0 Å². The summed E-state index contributed by atoms with van der Waals surface area (Å²) >= 11 is 0. The first-order valence-electron chi connectivity index (χ1n) is 8.41. The topological polar surface area (TPSA) is 71.7 Å². The number of hydrogen-bond donors (Lipinski definition) is 0. The molecule has 2 aromatic heterocycles. The van der Waals surface area contributed by atoms with E-state index in [1.807, 2.05) is 55.9 Å². The molecule has 3 rings (SSSR count). The van der Waals surface area contributed by atoms with E-state index in [0.717, 1.165) is 22.8 Å². The highest BCUT2D eigenvalue weighted by Crippen LogP contribution is 2.23. The maximum atomic E-state index is 12.7. The van der Waals surface area contributed by atoms with Crippen LogP contribution in [0.15, 0.2) is 22.7 Å². The number of carbonyl (C=O) groups excluding carboxylic acids is 1. The lowest BCUT2D eigenvalue weighted by molar-refractivity contribution is -0.138. The molecular formula is C18H24N4O3. The van der Waals surface area contributed by atoms with Gasteiger partial charge in [0.05, 0.1) is 31.0 Å². The van der Waals surface area contributed by atoms with Crippen molar-refractivity contribution >= 4 is 11.7 Å². The molecule has 2 aromatic rings. The Kier molecular flexibility index (Phi) is 5.03. The molecule has 0 radical (unpaired) electrons. The highest BCUT2D eigenvalue weighted by molar-refractivity contribution is 5.79. The molecule has 1 amide bonds. The molecule has 25 heavy (non-hydrogen) atoms. The van der Waals surface area contributed by atoms with Crippen molar-refractivity contribution in [2.75, 3.05) is 38.7 Å². The third-order valence-corrected chi connectivity index (χ3v) is 4.47. The van der Waals surface area contributed by atoms with Crippen molar-refractivity contribution in [1.29, 1.82) is 0 Å². The lowest BCUT2D eigenvalue weighted by Gasteiger charge is -2.33. The van der Waals surface area contributed by atoms with Gasteiger partial charge in [-0.2, -0.15) is 0 Å². The van der Waals surface area contributed by atoms with Crippen LogP contribution in [0.4, 0.5) is 5.82 Å². The molecule has 1 aliphatic heterocycles. The van der Waals surface area contributed by atoms with Crippen LogP contribution in [-0.2, 0) is 16.0 Å². The summed E-state index contributed by atoms with van der Waals surface area (Å²) in [6.45, 7) is 5.29. The molecule has 1 saturated heterocycles. The molecule has 0 spiro atoms. The van der Waals surface area contributed by atoms with Gasteiger partial charge in [-0.1, -0.05) is 11.2 Å². The molecular weight excluding hydrogens is 320 g/mol. The molecule has 0 unspecified atom stereocenters. The van der Waals surface area contributed by atoms with E-state index >= 15 is 0 Å². The Hall–Kier alpha value is -2.41. The van der Waals surface area contributed by atoms with Gasteiger partial charge in [0.2, 0.25) is 5.91 Å². The van der Waals surface area contributed by atoms with Gasteiger partial charge in [0, 0.05) is 26.2 Å². The number of rotatable bonds is 4. The van der Waals surface area contributed by atoms with Crippen LogP contribution in [0.5, 0.6) is 0 Å². The minimum absolute atomic E-state index is 0.0615. The molecule has 1 atom stereocenters. The molecule has 0 N–H and O–H groups in total. The van der Waals surface area contributed by atoms with Crippen LogP contribution in [-0.4, -0.2) is 54.7 Å². The van der Waals surface area contributed by atoms with E-state index in [9.17, 15) is 4.79 Å². The van der Waals surface area contributed by atoms with Gasteiger partial charge in [0.25, 0.3) is 0 Å². The molecule has 3 heterocycles. The third kappa shape index (κ3) is 3.82. The maximum absolute atomic E-state index is 12.7. The van der Waals surface area contributed by atoms with E-state index in [-0.39, 0.29) is 12.0 Å². The van der Waals surface area contributed by atoms with Gasteiger partial charge in [-0.15, -0.1) is 0 Å². The van der Waals surface area contributed by atoms with E-state index in [1.165, 1.54) is 0 Å². The fraction of sp³-hybridized carbons (Fsp3) is 0.500. The standard InChI is InChI=1S/C18H24N4O3/c1-12-14(13(2)25-20-12)10-18(23)22-8-9-24-16(11-22)15-6-5-7-17(19-15)21(3)4/h5-7,16H,8-11H2,1-4H3/t16-/m1/s1. The molecule has 0 bridgehead atoms. The van der Waals surface area contributed by atoms with Gasteiger partial charge in [0.1, 0.15) is 17.7 Å². The SMILES string of the molecule is Cc1noc(C)c1CC(=O)N1CCO[C@@H](c2cccc(N(C)C)n2)C1. The zero-order valence-corrected chi connectivity index (χ0v) is 15.2. The first-order valence-corrected chi connectivity index (χ1v) is 8.41. The van der Waals surface area contributed by atoms with Crippen molar-refractivity contribution in [2.45, 2.75) is 26.4 Å². The van der Waals surface area contributed by atoms with Gasteiger partial charge >= 0.3 is 0 Å². The number of pyridine rings is 1. The summed E-state index contributed by atoms with van der Waals surface area (Å²) in [4.78, 5) is 21.1. The van der Waals surface area contributed by atoms with Gasteiger partial charge in [-0.25, -0.2) is 4.98 Å². The Morgan fingerprint density at radius 2 is 2.16 bits per heavy atom. The second kappa shape index (κ2) is 7.23. The monoisotopic (exact) mass is 344 g/mol. The highest BCUT2D eigenvalue weighted by atomic mass is 16.5. The molecule has 1 fully saturated rings. The third-order valence-electron chi connectivity index (χ3n) is 4.47. The van der Waals surface area contributed by atoms with Crippen molar-refractivity contribution in [1.82, 2.24) is 15.0 Å². The largest absolute Gasteiger partial charge is 0.368 e. The minimum atomic E-state index is -0.206. The lowest BCUT2D eigenvalue weighted by atomic mass is 10.1. The number of anilines is 1. The first kappa shape index (κ1) is 17.4. The maximum Gasteiger partial charge on any atom is 0.227 e. The molecule has 134 valence electrons. The first-order chi connectivity index (χ1) is 12.0. The van der Waals surface area contributed by atoms with Crippen LogP contribution in [0.1, 0.15) is 28.8 Å². The van der Waals surface area contributed by atoms with E-state index in [0.29, 0.717) is 31.9 Å². The van der Waals surface area contributed by atoms with Crippen LogP contribution in [0, 0.1) is 13.8 Å². The number of carbonyl (C=O) groups is 1. The second-order valence-electron chi connectivity index (χ2n) is 6.49. The molecule has 0 aromatic carbocycles. The number of morpholine rings is 1. The molecule has 0 aliphatic carbocycles. The quantitative estimate of drug-likeness (QED) is 0.843. The van der Waals surface area contributed by atoms with Crippen LogP contribution >= 0.6 is 0 Å². The molecule has 1 aliphatic rings. The predicted octanol–water partition coefficient (Wildman–Crippen LogP) is 1.90. The fourth-order valence-electron chi connectivity index (χ4n) is 2.94. The normalized spacial score (nSPS) is 17.6. The fourth-order valence-corrected chi connectivity index (χ4v) is 2.94. The zero-order chi connectivity index (χ0) is 18.0. The average Bonchev–Trinajstić information content (AvgIpc) is 2.94. The summed E-state index contributed by atoms with van der Waals surface area (Å²) in [5, 5.41) is 3.92. The zero-order valence-electron chi connectivity index (χ0n) is 15.2. The summed E-state index contributed by atoms with van der Waals surface area (Å²) in [5.41, 5.74) is 2.50. The number of aryl methyl sites for hydroxylation is 2. The number of nitrogens with zero attached hydrogens (tertiary/aromatic N) is 4. The summed E-state index contributed by atoms with van der Waals surface area (Å²) in [6.07, 6.45) is 0.0984. The number of amides is 1. The summed E-state index contributed by atoms with van der Waals surface area (Å²) in [6, 6.07) is 5.86. The van der Waals surface area contributed by atoms with Gasteiger partial charge in [-0.3, -0.25) is 4.79 Å². The predicted molar refractivity (Wildman–Crippen MR) is 93.5 cm³/mol. The number of hydrogen-bond acceptors (Lipinski definition) is 6. The lowest BCUT2D eigenvalue weighted by Crippen LogP contribution is -2.43. The van der Waals surface area contributed by atoms with Crippen LogP contribution in [0.3, 0.4) is 0 Å². The molecule has 0 saturated carbocycles. The van der Waals surface area contributed by atoms with Crippen LogP contribution in [0.25, 0.3) is 0 Å². The Bertz CT molecular complexity index is 737. The van der Waals surface area contributed by atoms with Crippen molar-refractivity contribution in [3.63, 3.8) is 0 Å². The molecule has 7 nitrogen and oxygen atoms in total. The Morgan fingerprint density at radius 3 is 2.84 bits per heavy atom. The van der Waals surface area contributed by atoms with Crippen molar-refractivity contribution < 1.29 is 14.1 Å². The minimum Gasteiger partial charge on any atom is -0.368 e. The second-order valence-corrected chi connectivity index (χ2v) is 6.49.